The molecule has 188 valence electrons. The van der Waals surface area contributed by atoms with Crippen molar-refractivity contribution in [1.29, 1.82) is 0 Å². The van der Waals surface area contributed by atoms with Gasteiger partial charge in [-0.3, -0.25) is 14.4 Å². The molecule has 2 aliphatic heterocycles. The molecule has 3 fully saturated rings. The minimum atomic E-state index is -0.655. The van der Waals surface area contributed by atoms with Gasteiger partial charge < -0.3 is 30.4 Å². The zero-order valence-corrected chi connectivity index (χ0v) is 20.8. The maximum Gasteiger partial charge on any atom is 0.271 e. The smallest absolute Gasteiger partial charge is 0.271 e. The highest BCUT2D eigenvalue weighted by atomic mass is 35.5. The second-order valence-corrected chi connectivity index (χ2v) is 10.9. The van der Waals surface area contributed by atoms with Gasteiger partial charge in [0, 0.05) is 24.4 Å². The van der Waals surface area contributed by atoms with Gasteiger partial charge in [-0.05, 0) is 48.3 Å². The van der Waals surface area contributed by atoms with Crippen LogP contribution in [0, 0.1) is 23.2 Å². The molecule has 0 bridgehead atoms. The Morgan fingerprint density at radius 3 is 2.80 bits per heavy atom. The van der Waals surface area contributed by atoms with Crippen LogP contribution in [0.25, 0.3) is 10.9 Å². The average molecular weight is 503 g/mol. The molecule has 9 nitrogen and oxygen atoms in total. The number of aromatic amines is 1. The Balaban J connectivity index is 1.38. The van der Waals surface area contributed by atoms with Crippen LogP contribution in [0.1, 0.15) is 37.2 Å². The molecule has 35 heavy (non-hydrogen) atoms. The standard InChI is InChI=1S/C25H31ClN4O5/c1-25(2)15-10-30(24(34)17-9-14-18(35-3)5-4-16(26)20(14)29-17)21(19(15)25)23(33)28-13(11-31)8-12-6-7-27-22(12)32/h4-5,9,12-13,15,19,21,29,31H,6-8,10-11H2,1-3H3,(H,27,32)(H,28,33)/t12-,13-,15-,19-,21-/m0/s1. The second kappa shape index (κ2) is 8.71. The molecular weight excluding hydrogens is 472 g/mol. The fourth-order valence-corrected chi connectivity index (χ4v) is 6.29. The first kappa shape index (κ1) is 23.9. The molecule has 1 aromatic heterocycles. The fraction of sp³-hybridized carbons (Fsp3) is 0.560. The van der Waals surface area contributed by atoms with Gasteiger partial charge in [-0.1, -0.05) is 25.4 Å². The van der Waals surface area contributed by atoms with Gasteiger partial charge in [-0.15, -0.1) is 0 Å². The predicted octanol–water partition coefficient (Wildman–Crippen LogP) is 1.93. The van der Waals surface area contributed by atoms with Crippen molar-refractivity contribution in [3.8, 4) is 5.75 Å². The molecule has 0 spiro atoms. The number of hydrogen-bond acceptors (Lipinski definition) is 5. The summed E-state index contributed by atoms with van der Waals surface area (Å²) in [4.78, 5) is 43.8. The summed E-state index contributed by atoms with van der Waals surface area (Å²) in [7, 11) is 1.56. The van der Waals surface area contributed by atoms with Crippen LogP contribution in [0.3, 0.4) is 0 Å². The van der Waals surface area contributed by atoms with E-state index in [2.05, 4.69) is 29.5 Å². The van der Waals surface area contributed by atoms with E-state index in [0.717, 1.165) is 0 Å². The topological polar surface area (TPSA) is 124 Å². The SMILES string of the molecule is COc1ccc(Cl)c2[nH]c(C(=O)N3C[C@H]4[C@@H]([C@H]3C(=O)N[C@H](CO)C[C@@H]3CCNC3=O)C4(C)C)cc12. The number of carbonyl (C=O) groups is 3. The number of fused-ring (bicyclic) bond motifs is 2. The number of nitrogens with zero attached hydrogens (tertiary/aromatic N) is 1. The molecule has 4 N–H and O–H groups in total. The Labute approximate surface area is 208 Å². The number of carbonyl (C=O) groups excluding carboxylic acids is 3. The average Bonchev–Trinajstić information content (AvgIpc) is 3.35. The highest BCUT2D eigenvalue weighted by Crippen LogP contribution is 2.65. The summed E-state index contributed by atoms with van der Waals surface area (Å²) in [5, 5.41) is 16.8. The first-order chi connectivity index (χ1) is 16.7. The van der Waals surface area contributed by atoms with Crippen molar-refractivity contribution in [2.75, 3.05) is 26.8 Å². The molecule has 2 saturated heterocycles. The van der Waals surface area contributed by atoms with E-state index in [0.29, 0.717) is 53.3 Å². The maximum atomic E-state index is 13.6. The maximum absolute atomic E-state index is 13.6. The lowest BCUT2D eigenvalue weighted by atomic mass is 9.97. The van der Waals surface area contributed by atoms with Crippen LogP contribution in [0.15, 0.2) is 18.2 Å². The quantitative estimate of drug-likeness (QED) is 0.460. The Hall–Kier alpha value is -2.78. The molecule has 1 saturated carbocycles. The molecule has 5 atom stereocenters. The molecule has 2 aromatic rings. The van der Waals surface area contributed by atoms with Crippen LogP contribution < -0.4 is 15.4 Å². The molecule has 5 rings (SSSR count). The van der Waals surface area contributed by atoms with E-state index >= 15 is 0 Å². The van der Waals surface area contributed by atoms with Crippen molar-refractivity contribution >= 4 is 40.2 Å². The summed E-state index contributed by atoms with van der Waals surface area (Å²) in [6.45, 7) is 5.05. The van der Waals surface area contributed by atoms with Gasteiger partial charge in [0.05, 0.1) is 30.3 Å². The van der Waals surface area contributed by atoms with Gasteiger partial charge in [0.2, 0.25) is 11.8 Å². The van der Waals surface area contributed by atoms with Crippen LogP contribution in [0.4, 0.5) is 0 Å². The first-order valence-electron chi connectivity index (χ1n) is 12.0. The van der Waals surface area contributed by atoms with Crippen molar-refractivity contribution in [2.24, 2.45) is 23.2 Å². The molecule has 1 aromatic carbocycles. The van der Waals surface area contributed by atoms with Crippen LogP contribution in [-0.2, 0) is 9.59 Å². The number of amides is 3. The summed E-state index contributed by atoms with van der Waals surface area (Å²) in [6.07, 6.45) is 1.05. The molecule has 3 aliphatic rings. The molecule has 10 heteroatoms. The molecule has 3 heterocycles. The Morgan fingerprint density at radius 2 is 2.14 bits per heavy atom. The van der Waals surface area contributed by atoms with Gasteiger partial charge in [-0.25, -0.2) is 0 Å². The number of likely N-dealkylation sites (tertiary alicyclic amines) is 1. The van der Waals surface area contributed by atoms with Crippen molar-refractivity contribution in [3.05, 3.63) is 28.9 Å². The molecule has 0 radical (unpaired) electrons. The van der Waals surface area contributed by atoms with Crippen molar-refractivity contribution < 1.29 is 24.2 Å². The number of methoxy groups -OCH3 is 1. The Morgan fingerprint density at radius 1 is 1.37 bits per heavy atom. The van der Waals surface area contributed by atoms with Gasteiger partial charge in [0.15, 0.2) is 0 Å². The summed E-state index contributed by atoms with van der Waals surface area (Å²) < 4.78 is 5.41. The number of aliphatic hydroxyl groups is 1. The van der Waals surface area contributed by atoms with Crippen molar-refractivity contribution in [1.82, 2.24) is 20.5 Å². The van der Waals surface area contributed by atoms with E-state index in [1.807, 2.05) is 0 Å². The third-order valence-electron chi connectivity index (χ3n) is 8.19. The number of ether oxygens (including phenoxy) is 1. The van der Waals surface area contributed by atoms with Gasteiger partial charge in [0.1, 0.15) is 17.5 Å². The number of halogens is 1. The third-order valence-corrected chi connectivity index (χ3v) is 8.50. The minimum absolute atomic E-state index is 0.0306. The van der Waals surface area contributed by atoms with Crippen LogP contribution in [-0.4, -0.2) is 71.6 Å². The van der Waals surface area contributed by atoms with E-state index in [1.54, 1.807) is 30.2 Å². The zero-order chi connectivity index (χ0) is 25.1. The summed E-state index contributed by atoms with van der Waals surface area (Å²) in [5.41, 5.74) is 0.895. The predicted molar refractivity (Wildman–Crippen MR) is 130 cm³/mol. The number of aromatic nitrogens is 1. The fourth-order valence-electron chi connectivity index (χ4n) is 6.08. The number of benzene rings is 1. The van der Waals surface area contributed by atoms with Gasteiger partial charge in [-0.2, -0.15) is 0 Å². The summed E-state index contributed by atoms with van der Waals surface area (Å²) in [6, 6.07) is 3.96. The number of hydrogen-bond donors (Lipinski definition) is 4. The summed E-state index contributed by atoms with van der Waals surface area (Å²) in [5.74, 6) is -0.00231. The van der Waals surface area contributed by atoms with Crippen LogP contribution >= 0.6 is 11.6 Å². The van der Waals surface area contributed by atoms with Gasteiger partial charge >= 0.3 is 0 Å². The Kier molecular flexibility index (Phi) is 5.96. The third kappa shape index (κ3) is 3.94. The van der Waals surface area contributed by atoms with E-state index in [-0.39, 0.29) is 47.5 Å². The second-order valence-electron chi connectivity index (χ2n) is 10.5. The molecule has 0 unspecified atom stereocenters. The first-order valence-corrected chi connectivity index (χ1v) is 12.4. The van der Waals surface area contributed by atoms with Crippen LogP contribution in [0.2, 0.25) is 5.02 Å². The molecule has 1 aliphatic carbocycles. The van der Waals surface area contributed by atoms with E-state index in [1.165, 1.54) is 0 Å². The van der Waals surface area contributed by atoms with Gasteiger partial charge in [0.25, 0.3) is 5.91 Å². The Bertz CT molecular complexity index is 1190. The monoisotopic (exact) mass is 502 g/mol. The van der Waals surface area contributed by atoms with Crippen LogP contribution in [0.5, 0.6) is 5.75 Å². The lowest BCUT2D eigenvalue weighted by molar-refractivity contribution is -0.128. The van der Waals surface area contributed by atoms with E-state index in [4.69, 9.17) is 16.3 Å². The summed E-state index contributed by atoms with van der Waals surface area (Å²) >= 11 is 6.34. The van der Waals surface area contributed by atoms with E-state index in [9.17, 15) is 19.5 Å². The number of aliphatic hydroxyl groups excluding tert-OH is 1. The highest BCUT2D eigenvalue weighted by molar-refractivity contribution is 6.35. The minimum Gasteiger partial charge on any atom is -0.496 e. The van der Waals surface area contributed by atoms with Crippen molar-refractivity contribution in [3.63, 3.8) is 0 Å². The lowest BCUT2D eigenvalue weighted by Gasteiger charge is -2.31. The normalized spacial score (nSPS) is 27.5. The number of piperidine rings is 1. The molecule has 3 amide bonds. The molecular formula is C25H31ClN4O5. The van der Waals surface area contributed by atoms with Crippen molar-refractivity contribution in [2.45, 2.75) is 38.8 Å². The number of rotatable bonds is 7. The largest absolute Gasteiger partial charge is 0.496 e. The lowest BCUT2D eigenvalue weighted by Crippen LogP contribution is -2.53. The number of H-pyrrole nitrogens is 1. The zero-order valence-electron chi connectivity index (χ0n) is 20.1. The van der Waals surface area contributed by atoms with E-state index < -0.39 is 12.1 Å². The number of nitrogens with one attached hydrogen (secondary N) is 3. The highest BCUT2D eigenvalue weighted by Gasteiger charge is 2.69.